The number of ether oxygens (including phenoxy) is 1. The zero-order valence-corrected chi connectivity index (χ0v) is 13.5. The lowest BCUT2D eigenvalue weighted by molar-refractivity contribution is -0.152. The van der Waals surface area contributed by atoms with Crippen LogP contribution in [0, 0.1) is 6.92 Å². The first-order chi connectivity index (χ1) is 10.8. The molecule has 3 rings (SSSR count). The predicted molar refractivity (Wildman–Crippen MR) is 89.9 cm³/mol. The van der Waals surface area contributed by atoms with E-state index in [1.165, 1.54) is 25.0 Å². The SMILES string of the molecule is Cc1ccc2c(c1)N=C(c1cccc(OC(C)(C)C(=O)O)c1)C2. The molecule has 0 bridgehead atoms. The average Bonchev–Trinajstić information content (AvgIpc) is 2.90. The van der Waals surface area contributed by atoms with Crippen molar-refractivity contribution in [2.45, 2.75) is 32.8 Å². The number of hydrogen-bond acceptors (Lipinski definition) is 3. The lowest BCUT2D eigenvalue weighted by atomic mass is 10.0. The molecule has 0 saturated heterocycles. The maximum atomic E-state index is 11.2. The van der Waals surface area contributed by atoms with E-state index < -0.39 is 11.6 Å². The highest BCUT2D eigenvalue weighted by atomic mass is 16.5. The van der Waals surface area contributed by atoms with Crippen molar-refractivity contribution in [3.8, 4) is 5.75 Å². The van der Waals surface area contributed by atoms with Gasteiger partial charge in [-0.3, -0.25) is 4.99 Å². The number of carboxylic acid groups (broad SMARTS) is 1. The van der Waals surface area contributed by atoms with Crippen molar-refractivity contribution in [3.63, 3.8) is 0 Å². The second-order valence-corrected chi connectivity index (χ2v) is 6.31. The van der Waals surface area contributed by atoms with Crippen LogP contribution in [0.2, 0.25) is 0 Å². The molecule has 4 nitrogen and oxygen atoms in total. The van der Waals surface area contributed by atoms with Crippen LogP contribution in [0.1, 0.15) is 30.5 Å². The van der Waals surface area contributed by atoms with Gasteiger partial charge in [-0.15, -0.1) is 0 Å². The Balaban J connectivity index is 1.87. The molecule has 23 heavy (non-hydrogen) atoms. The molecule has 1 aliphatic heterocycles. The molecule has 2 aromatic rings. The Bertz CT molecular complexity index is 806. The molecule has 1 N–H and O–H groups in total. The van der Waals surface area contributed by atoms with Crippen LogP contribution < -0.4 is 4.74 Å². The van der Waals surface area contributed by atoms with Crippen molar-refractivity contribution in [2.24, 2.45) is 4.99 Å². The van der Waals surface area contributed by atoms with Gasteiger partial charge in [0.25, 0.3) is 0 Å². The highest BCUT2D eigenvalue weighted by Gasteiger charge is 2.29. The third kappa shape index (κ3) is 3.11. The molecule has 4 heteroatoms. The van der Waals surface area contributed by atoms with Gasteiger partial charge in [0.1, 0.15) is 5.75 Å². The fourth-order valence-electron chi connectivity index (χ4n) is 2.54. The van der Waals surface area contributed by atoms with Crippen LogP contribution in [0.3, 0.4) is 0 Å². The van der Waals surface area contributed by atoms with Gasteiger partial charge < -0.3 is 9.84 Å². The van der Waals surface area contributed by atoms with Gasteiger partial charge >= 0.3 is 5.97 Å². The van der Waals surface area contributed by atoms with E-state index in [-0.39, 0.29) is 0 Å². The zero-order valence-electron chi connectivity index (χ0n) is 13.5. The van der Waals surface area contributed by atoms with E-state index in [2.05, 4.69) is 25.1 Å². The third-order valence-corrected chi connectivity index (χ3v) is 3.91. The second-order valence-electron chi connectivity index (χ2n) is 6.31. The second kappa shape index (κ2) is 5.54. The minimum atomic E-state index is -1.27. The van der Waals surface area contributed by atoms with E-state index in [0.29, 0.717) is 5.75 Å². The number of carboxylic acids is 1. The van der Waals surface area contributed by atoms with E-state index in [0.717, 1.165) is 23.4 Å². The van der Waals surface area contributed by atoms with Crippen molar-refractivity contribution < 1.29 is 14.6 Å². The number of aliphatic imine (C=N–C) groups is 1. The summed E-state index contributed by atoms with van der Waals surface area (Å²) in [5.74, 6) is -0.464. The summed E-state index contributed by atoms with van der Waals surface area (Å²) in [6.45, 7) is 5.12. The summed E-state index contributed by atoms with van der Waals surface area (Å²) in [6, 6.07) is 13.7. The Kier molecular flexibility index (Phi) is 3.68. The monoisotopic (exact) mass is 309 g/mol. The molecular weight excluding hydrogens is 290 g/mol. The van der Waals surface area contributed by atoms with Crippen LogP contribution in [0.15, 0.2) is 47.5 Å². The first-order valence-electron chi connectivity index (χ1n) is 7.55. The summed E-state index contributed by atoms with van der Waals surface area (Å²) in [5, 5.41) is 9.18. The summed E-state index contributed by atoms with van der Waals surface area (Å²) in [6.07, 6.45) is 0.779. The van der Waals surface area contributed by atoms with Crippen LogP contribution in [-0.4, -0.2) is 22.4 Å². The Morgan fingerprint density at radius 3 is 2.74 bits per heavy atom. The standard InChI is InChI=1S/C19H19NO3/c1-12-7-8-14-11-17(20-16(14)9-12)13-5-4-6-15(10-13)23-19(2,3)18(21)22/h4-10H,11H2,1-3H3,(H,21,22). The van der Waals surface area contributed by atoms with Crippen LogP contribution in [0.5, 0.6) is 5.75 Å². The van der Waals surface area contributed by atoms with E-state index in [4.69, 9.17) is 9.73 Å². The number of hydrogen-bond donors (Lipinski definition) is 1. The van der Waals surface area contributed by atoms with Gasteiger partial charge in [-0.2, -0.15) is 0 Å². The van der Waals surface area contributed by atoms with Gasteiger partial charge in [0, 0.05) is 6.42 Å². The summed E-state index contributed by atoms with van der Waals surface area (Å²) >= 11 is 0. The largest absolute Gasteiger partial charge is 0.478 e. The number of aliphatic carboxylic acids is 1. The van der Waals surface area contributed by atoms with Crippen LogP contribution in [0.4, 0.5) is 5.69 Å². The predicted octanol–water partition coefficient (Wildman–Crippen LogP) is 3.91. The Morgan fingerprint density at radius 1 is 1.22 bits per heavy atom. The van der Waals surface area contributed by atoms with Gasteiger partial charge in [-0.05, 0) is 55.7 Å². The molecule has 0 radical (unpaired) electrons. The van der Waals surface area contributed by atoms with E-state index in [1.807, 2.05) is 18.2 Å². The minimum absolute atomic E-state index is 0.532. The molecule has 0 amide bonds. The Morgan fingerprint density at radius 2 is 2.00 bits per heavy atom. The van der Waals surface area contributed by atoms with E-state index in [1.54, 1.807) is 6.07 Å². The smallest absolute Gasteiger partial charge is 0.347 e. The Hall–Kier alpha value is -2.62. The normalized spacial score (nSPS) is 13.4. The molecule has 118 valence electrons. The number of nitrogens with zero attached hydrogens (tertiary/aromatic N) is 1. The van der Waals surface area contributed by atoms with Crippen LogP contribution in [-0.2, 0) is 11.2 Å². The van der Waals surface area contributed by atoms with Crippen LogP contribution in [0.25, 0.3) is 0 Å². The quantitative estimate of drug-likeness (QED) is 0.931. The molecule has 0 fully saturated rings. The summed E-state index contributed by atoms with van der Waals surface area (Å²) < 4.78 is 5.61. The molecule has 0 unspecified atom stereocenters. The summed E-state index contributed by atoms with van der Waals surface area (Å²) in [4.78, 5) is 15.9. The van der Waals surface area contributed by atoms with Crippen molar-refractivity contribution in [1.82, 2.24) is 0 Å². The molecule has 1 heterocycles. The number of carbonyl (C=O) groups is 1. The molecule has 1 aliphatic rings. The number of aryl methyl sites for hydroxylation is 1. The van der Waals surface area contributed by atoms with Crippen molar-refractivity contribution >= 4 is 17.4 Å². The average molecular weight is 309 g/mol. The first kappa shape index (κ1) is 15.3. The van der Waals surface area contributed by atoms with Gasteiger partial charge in [-0.25, -0.2) is 4.79 Å². The summed E-state index contributed by atoms with van der Waals surface area (Å²) in [7, 11) is 0. The topological polar surface area (TPSA) is 58.9 Å². The van der Waals surface area contributed by atoms with Gasteiger partial charge in [0.15, 0.2) is 5.60 Å². The maximum Gasteiger partial charge on any atom is 0.347 e. The molecule has 2 aromatic carbocycles. The fourth-order valence-corrected chi connectivity index (χ4v) is 2.54. The number of rotatable bonds is 4. The van der Waals surface area contributed by atoms with Gasteiger partial charge in [0.05, 0.1) is 11.4 Å². The fraction of sp³-hybridized carbons (Fsp3) is 0.263. The van der Waals surface area contributed by atoms with E-state index in [9.17, 15) is 9.90 Å². The molecule has 0 aromatic heterocycles. The maximum absolute atomic E-state index is 11.2. The van der Waals surface area contributed by atoms with Gasteiger partial charge in [-0.1, -0.05) is 24.3 Å². The van der Waals surface area contributed by atoms with Crippen molar-refractivity contribution in [2.75, 3.05) is 0 Å². The molecule has 0 saturated carbocycles. The Labute approximate surface area is 135 Å². The number of fused-ring (bicyclic) bond motifs is 1. The molecule has 0 spiro atoms. The number of benzene rings is 2. The van der Waals surface area contributed by atoms with Gasteiger partial charge in [0.2, 0.25) is 0 Å². The lowest BCUT2D eigenvalue weighted by Gasteiger charge is -2.21. The molecule has 0 atom stereocenters. The zero-order chi connectivity index (χ0) is 16.6. The van der Waals surface area contributed by atoms with E-state index >= 15 is 0 Å². The van der Waals surface area contributed by atoms with Crippen molar-refractivity contribution in [1.29, 1.82) is 0 Å². The highest BCUT2D eigenvalue weighted by Crippen LogP contribution is 2.31. The minimum Gasteiger partial charge on any atom is -0.478 e. The van der Waals surface area contributed by atoms with Crippen LogP contribution >= 0.6 is 0 Å². The molecular formula is C19H19NO3. The lowest BCUT2D eigenvalue weighted by Crippen LogP contribution is -2.37. The highest BCUT2D eigenvalue weighted by molar-refractivity contribution is 6.06. The first-order valence-corrected chi connectivity index (χ1v) is 7.55. The molecule has 0 aliphatic carbocycles. The van der Waals surface area contributed by atoms with Crippen molar-refractivity contribution in [3.05, 3.63) is 59.2 Å². The third-order valence-electron chi connectivity index (χ3n) is 3.91. The summed E-state index contributed by atoms with van der Waals surface area (Å²) in [5.41, 5.74) is 4.08.